The molecule has 8 nitrogen and oxygen atoms in total. The normalized spacial score (nSPS) is 15.0. The Labute approximate surface area is 225 Å². The van der Waals surface area contributed by atoms with Gasteiger partial charge in [0.1, 0.15) is 18.3 Å². The highest BCUT2D eigenvalue weighted by atomic mass is 35.5. The SMILES string of the molecule is CCOc1ccccc1N(CC(=O)N(Cc1ccccc1Cl)[C@@H](C)C(=O)NC1CCCCC1)S(C)(=O)=O. The first-order valence-corrected chi connectivity index (χ1v) is 14.9. The number of hydrogen-bond acceptors (Lipinski definition) is 5. The summed E-state index contributed by atoms with van der Waals surface area (Å²) in [5.41, 5.74) is 0.924. The molecule has 2 aromatic carbocycles. The number of hydrogen-bond donors (Lipinski definition) is 1. The molecule has 1 N–H and O–H groups in total. The van der Waals surface area contributed by atoms with Crippen LogP contribution in [0, 0.1) is 0 Å². The van der Waals surface area contributed by atoms with Crippen molar-refractivity contribution in [3.8, 4) is 5.75 Å². The quantitative estimate of drug-likeness (QED) is 0.449. The van der Waals surface area contributed by atoms with Crippen molar-refractivity contribution in [2.24, 2.45) is 0 Å². The van der Waals surface area contributed by atoms with E-state index in [1.807, 2.05) is 0 Å². The lowest BCUT2D eigenvalue weighted by molar-refractivity contribution is -0.139. The zero-order chi connectivity index (χ0) is 27.0. The lowest BCUT2D eigenvalue weighted by atomic mass is 9.95. The standard InChI is InChI=1S/C27H36ClN3O5S/c1-4-36-25-17-11-10-16-24(25)31(37(3,34)35)19-26(32)30(18-21-12-8-9-15-23(21)28)20(2)27(33)29-22-13-6-5-7-14-22/h8-12,15-17,20,22H,4-7,13-14,18-19H2,1-3H3,(H,29,33)/t20-/m0/s1. The molecule has 0 heterocycles. The summed E-state index contributed by atoms with van der Waals surface area (Å²) in [7, 11) is -3.86. The molecule has 1 fully saturated rings. The van der Waals surface area contributed by atoms with Crippen molar-refractivity contribution in [1.29, 1.82) is 0 Å². The lowest BCUT2D eigenvalue weighted by Crippen LogP contribution is -2.53. The van der Waals surface area contributed by atoms with Gasteiger partial charge in [0.2, 0.25) is 21.8 Å². The maximum Gasteiger partial charge on any atom is 0.244 e. The van der Waals surface area contributed by atoms with Crippen LogP contribution in [0.4, 0.5) is 5.69 Å². The highest BCUT2D eigenvalue weighted by Gasteiger charge is 2.32. The van der Waals surface area contributed by atoms with Crippen LogP contribution in [0.25, 0.3) is 0 Å². The summed E-state index contributed by atoms with van der Waals surface area (Å²) in [6, 6.07) is 13.0. The van der Waals surface area contributed by atoms with Crippen molar-refractivity contribution >= 4 is 39.1 Å². The Bertz CT molecular complexity index is 1180. The van der Waals surface area contributed by atoms with E-state index in [0.717, 1.165) is 42.7 Å². The first kappa shape index (κ1) is 28.8. The third-order valence-electron chi connectivity index (χ3n) is 6.53. The Morgan fingerprint density at radius 1 is 1.08 bits per heavy atom. The average Bonchev–Trinajstić information content (AvgIpc) is 2.87. The number of anilines is 1. The number of carbonyl (C=O) groups excluding carboxylic acids is 2. The van der Waals surface area contributed by atoms with E-state index < -0.39 is 28.5 Å². The summed E-state index contributed by atoms with van der Waals surface area (Å²) in [5, 5.41) is 3.54. The molecular formula is C27H36ClN3O5S. The van der Waals surface area contributed by atoms with E-state index in [4.69, 9.17) is 16.3 Å². The summed E-state index contributed by atoms with van der Waals surface area (Å²) >= 11 is 6.38. The molecule has 2 amide bonds. The number of sulfonamides is 1. The molecule has 0 saturated heterocycles. The molecule has 0 aliphatic heterocycles. The molecule has 0 spiro atoms. The number of carbonyl (C=O) groups is 2. The first-order chi connectivity index (χ1) is 17.6. The van der Waals surface area contributed by atoms with Gasteiger partial charge in [0.15, 0.2) is 0 Å². The Hall–Kier alpha value is -2.78. The highest BCUT2D eigenvalue weighted by Crippen LogP contribution is 2.30. The summed E-state index contributed by atoms with van der Waals surface area (Å²) in [6.07, 6.45) is 6.14. The van der Waals surface area contributed by atoms with Crippen LogP contribution < -0.4 is 14.4 Å². The molecule has 1 aliphatic carbocycles. The maximum absolute atomic E-state index is 13.8. The fourth-order valence-electron chi connectivity index (χ4n) is 4.50. The van der Waals surface area contributed by atoms with E-state index in [-0.39, 0.29) is 24.2 Å². The van der Waals surface area contributed by atoms with Crippen molar-refractivity contribution in [2.75, 3.05) is 23.7 Å². The van der Waals surface area contributed by atoms with Gasteiger partial charge in [0.25, 0.3) is 0 Å². The molecule has 0 unspecified atom stereocenters. The topological polar surface area (TPSA) is 96.0 Å². The van der Waals surface area contributed by atoms with E-state index in [2.05, 4.69) is 5.32 Å². The van der Waals surface area contributed by atoms with Crippen LogP contribution >= 0.6 is 11.6 Å². The van der Waals surface area contributed by atoms with Crippen molar-refractivity contribution in [1.82, 2.24) is 10.2 Å². The molecule has 1 aliphatic rings. The second-order valence-corrected chi connectivity index (χ2v) is 11.6. The number of ether oxygens (including phenoxy) is 1. The van der Waals surface area contributed by atoms with Gasteiger partial charge in [-0.2, -0.15) is 0 Å². The van der Waals surface area contributed by atoms with Gasteiger partial charge >= 0.3 is 0 Å². The van der Waals surface area contributed by atoms with E-state index in [0.29, 0.717) is 22.9 Å². The van der Waals surface area contributed by atoms with Gasteiger partial charge in [-0.05, 0) is 50.5 Å². The molecule has 0 aromatic heterocycles. The van der Waals surface area contributed by atoms with Crippen molar-refractivity contribution in [3.63, 3.8) is 0 Å². The monoisotopic (exact) mass is 549 g/mol. The second-order valence-electron chi connectivity index (χ2n) is 9.30. The van der Waals surface area contributed by atoms with Crippen LogP contribution in [-0.4, -0.2) is 56.6 Å². The fourth-order valence-corrected chi connectivity index (χ4v) is 5.55. The maximum atomic E-state index is 13.8. The average molecular weight is 550 g/mol. The van der Waals surface area contributed by atoms with E-state index in [9.17, 15) is 18.0 Å². The molecule has 37 heavy (non-hydrogen) atoms. The third kappa shape index (κ3) is 7.85. The number of benzene rings is 2. The van der Waals surface area contributed by atoms with Crippen LogP contribution in [0.1, 0.15) is 51.5 Å². The highest BCUT2D eigenvalue weighted by molar-refractivity contribution is 7.92. The number of nitrogens with zero attached hydrogens (tertiary/aromatic N) is 2. The van der Waals surface area contributed by atoms with Crippen LogP contribution in [0.2, 0.25) is 5.02 Å². The summed E-state index contributed by atoms with van der Waals surface area (Å²) in [5.74, 6) is -0.445. The zero-order valence-electron chi connectivity index (χ0n) is 21.7. The molecule has 0 radical (unpaired) electrons. The summed E-state index contributed by atoms with van der Waals surface area (Å²) in [6.45, 7) is 3.35. The lowest BCUT2D eigenvalue weighted by Gasteiger charge is -2.33. The Morgan fingerprint density at radius 3 is 2.38 bits per heavy atom. The minimum atomic E-state index is -3.86. The summed E-state index contributed by atoms with van der Waals surface area (Å²) < 4.78 is 32.3. The van der Waals surface area contributed by atoms with Gasteiger partial charge in [-0.25, -0.2) is 8.42 Å². The van der Waals surface area contributed by atoms with Gasteiger partial charge in [0, 0.05) is 17.6 Å². The second kappa shape index (κ2) is 13.1. The van der Waals surface area contributed by atoms with Gasteiger partial charge in [-0.3, -0.25) is 13.9 Å². The molecule has 10 heteroatoms. The van der Waals surface area contributed by atoms with Crippen LogP contribution in [0.5, 0.6) is 5.75 Å². The predicted octanol–water partition coefficient (Wildman–Crippen LogP) is 4.37. The third-order valence-corrected chi connectivity index (χ3v) is 8.03. The van der Waals surface area contributed by atoms with E-state index >= 15 is 0 Å². The molecule has 2 aromatic rings. The molecule has 1 saturated carbocycles. The number of halogens is 1. The minimum absolute atomic E-state index is 0.0580. The van der Waals surface area contributed by atoms with E-state index in [1.165, 1.54) is 4.90 Å². The minimum Gasteiger partial charge on any atom is -0.492 e. The van der Waals surface area contributed by atoms with Crippen molar-refractivity contribution in [2.45, 2.75) is 64.6 Å². The van der Waals surface area contributed by atoms with Crippen LogP contribution in [-0.2, 0) is 26.2 Å². The number of para-hydroxylation sites is 2. The molecular weight excluding hydrogens is 514 g/mol. The Balaban J connectivity index is 1.91. The molecule has 202 valence electrons. The van der Waals surface area contributed by atoms with Gasteiger partial charge in [-0.1, -0.05) is 61.2 Å². The summed E-state index contributed by atoms with van der Waals surface area (Å²) in [4.78, 5) is 28.4. The Kier molecular flexibility index (Phi) is 10.2. The van der Waals surface area contributed by atoms with E-state index in [1.54, 1.807) is 62.4 Å². The number of amides is 2. The fraction of sp³-hybridized carbons (Fsp3) is 0.481. The number of rotatable bonds is 11. The predicted molar refractivity (Wildman–Crippen MR) is 146 cm³/mol. The van der Waals surface area contributed by atoms with Crippen molar-refractivity contribution < 1.29 is 22.7 Å². The van der Waals surface area contributed by atoms with Crippen LogP contribution in [0.3, 0.4) is 0 Å². The first-order valence-electron chi connectivity index (χ1n) is 12.6. The van der Waals surface area contributed by atoms with Crippen molar-refractivity contribution in [3.05, 3.63) is 59.1 Å². The Morgan fingerprint density at radius 2 is 1.73 bits per heavy atom. The smallest absolute Gasteiger partial charge is 0.244 e. The number of nitrogens with one attached hydrogen (secondary N) is 1. The largest absolute Gasteiger partial charge is 0.492 e. The molecule has 1 atom stereocenters. The zero-order valence-corrected chi connectivity index (χ0v) is 23.2. The molecule has 0 bridgehead atoms. The van der Waals surface area contributed by atoms with Gasteiger partial charge in [-0.15, -0.1) is 0 Å². The van der Waals surface area contributed by atoms with Crippen LogP contribution in [0.15, 0.2) is 48.5 Å². The van der Waals surface area contributed by atoms with Gasteiger partial charge < -0.3 is 15.0 Å². The molecule has 3 rings (SSSR count). The van der Waals surface area contributed by atoms with Gasteiger partial charge in [0.05, 0.1) is 18.6 Å².